The lowest BCUT2D eigenvalue weighted by molar-refractivity contribution is 0.195. The van der Waals surface area contributed by atoms with E-state index in [4.69, 9.17) is 0 Å². The predicted octanol–water partition coefficient (Wildman–Crippen LogP) is 2.46. The topological polar surface area (TPSA) is 68.7 Å². The number of benzene rings is 1. The van der Waals surface area contributed by atoms with Gasteiger partial charge in [0.05, 0.1) is 30.6 Å². The van der Waals surface area contributed by atoms with E-state index >= 15 is 0 Å². The van der Waals surface area contributed by atoms with Gasteiger partial charge in [-0.05, 0) is 36.8 Å². The minimum Gasteiger partial charge on any atom is -0.394 e. The molecule has 25 heavy (non-hydrogen) atoms. The molecule has 0 fully saturated rings. The van der Waals surface area contributed by atoms with Crippen LogP contribution in [0.15, 0.2) is 42.6 Å². The molecule has 0 saturated heterocycles. The molecule has 1 aliphatic heterocycles. The Morgan fingerprint density at radius 2 is 2.24 bits per heavy atom. The van der Waals surface area contributed by atoms with Crippen LogP contribution in [0.3, 0.4) is 0 Å². The lowest BCUT2D eigenvalue weighted by Crippen LogP contribution is -2.44. The van der Waals surface area contributed by atoms with E-state index in [0.29, 0.717) is 25.2 Å². The quantitative estimate of drug-likeness (QED) is 0.878. The van der Waals surface area contributed by atoms with Crippen LogP contribution in [0.25, 0.3) is 0 Å². The number of carbonyl (C=O) groups excluding carboxylic acids is 1. The van der Waals surface area contributed by atoms with Crippen molar-refractivity contribution in [2.24, 2.45) is 0 Å². The molecule has 1 aliphatic rings. The van der Waals surface area contributed by atoms with Crippen LogP contribution < -0.4 is 10.2 Å². The first-order valence-corrected chi connectivity index (χ1v) is 8.17. The van der Waals surface area contributed by atoms with Crippen LogP contribution in [0.5, 0.6) is 0 Å². The first-order valence-electron chi connectivity index (χ1n) is 8.17. The number of pyridine rings is 1. The number of likely N-dealkylation sites (N-methyl/N-ethyl adjacent to an activating group) is 1. The van der Waals surface area contributed by atoms with Crippen molar-refractivity contribution in [2.75, 3.05) is 30.4 Å². The smallest absolute Gasteiger partial charge is 0.322 e. The van der Waals surface area contributed by atoms with Gasteiger partial charge < -0.3 is 20.2 Å². The summed E-state index contributed by atoms with van der Waals surface area (Å²) in [5.74, 6) is -0.403. The average Bonchev–Trinajstić information content (AvgIpc) is 2.60. The maximum Gasteiger partial charge on any atom is 0.322 e. The SMILES string of the molecule is CN1c2cccnc2CN(C(=O)Nc2cccc(F)c2)CC[C@H]1CO. The van der Waals surface area contributed by atoms with Crippen molar-refractivity contribution in [1.29, 1.82) is 0 Å². The lowest BCUT2D eigenvalue weighted by Gasteiger charge is -2.35. The highest BCUT2D eigenvalue weighted by molar-refractivity contribution is 5.89. The van der Waals surface area contributed by atoms with Crippen molar-refractivity contribution in [3.8, 4) is 0 Å². The van der Waals surface area contributed by atoms with Crippen molar-refractivity contribution in [3.05, 3.63) is 54.1 Å². The van der Waals surface area contributed by atoms with Gasteiger partial charge in [-0.3, -0.25) is 4.98 Å². The van der Waals surface area contributed by atoms with Crippen molar-refractivity contribution in [2.45, 2.75) is 19.0 Å². The Labute approximate surface area is 145 Å². The van der Waals surface area contributed by atoms with E-state index in [9.17, 15) is 14.3 Å². The van der Waals surface area contributed by atoms with E-state index in [2.05, 4.69) is 10.3 Å². The number of hydrogen-bond donors (Lipinski definition) is 2. The van der Waals surface area contributed by atoms with Crippen LogP contribution in [-0.2, 0) is 6.54 Å². The van der Waals surface area contributed by atoms with Crippen molar-refractivity contribution in [3.63, 3.8) is 0 Å². The molecule has 1 atom stereocenters. The number of nitrogens with one attached hydrogen (secondary N) is 1. The number of aliphatic hydroxyl groups excluding tert-OH is 1. The highest BCUT2D eigenvalue weighted by Gasteiger charge is 2.25. The van der Waals surface area contributed by atoms with Crippen LogP contribution in [0.2, 0.25) is 0 Å². The fourth-order valence-corrected chi connectivity index (χ4v) is 2.98. The molecule has 2 N–H and O–H groups in total. The summed E-state index contributed by atoms with van der Waals surface area (Å²) in [7, 11) is 1.92. The third-order valence-corrected chi connectivity index (χ3v) is 4.44. The molecular weight excluding hydrogens is 323 g/mol. The molecule has 0 saturated carbocycles. The zero-order valence-corrected chi connectivity index (χ0v) is 14.0. The standard InChI is InChI=1S/C18H21FN4O2/c1-22-15(12-24)7-9-23(11-16-17(22)6-3-8-20-16)18(25)21-14-5-2-4-13(19)10-14/h2-6,8,10,15,24H,7,9,11-12H2,1H3,(H,21,25)/t15-/m0/s1. The Bertz CT molecular complexity index is 755. The van der Waals surface area contributed by atoms with Gasteiger partial charge in [-0.15, -0.1) is 0 Å². The minimum absolute atomic E-state index is 0.00973. The summed E-state index contributed by atoms with van der Waals surface area (Å²) in [5, 5.41) is 12.4. The Balaban J connectivity index is 1.82. The van der Waals surface area contributed by atoms with E-state index in [1.807, 2.05) is 24.1 Å². The number of nitrogens with zero attached hydrogens (tertiary/aromatic N) is 3. The van der Waals surface area contributed by atoms with Gasteiger partial charge in [0.1, 0.15) is 5.82 Å². The van der Waals surface area contributed by atoms with E-state index < -0.39 is 5.82 Å². The molecule has 0 bridgehead atoms. The number of amides is 2. The second-order valence-electron chi connectivity index (χ2n) is 6.07. The van der Waals surface area contributed by atoms with Gasteiger partial charge in [0.25, 0.3) is 0 Å². The summed E-state index contributed by atoms with van der Waals surface area (Å²) < 4.78 is 13.3. The molecule has 0 unspecified atom stereocenters. The fourth-order valence-electron chi connectivity index (χ4n) is 2.98. The number of anilines is 2. The minimum atomic E-state index is -0.403. The molecule has 0 radical (unpaired) electrons. The highest BCUT2D eigenvalue weighted by atomic mass is 19.1. The third kappa shape index (κ3) is 3.88. The highest BCUT2D eigenvalue weighted by Crippen LogP contribution is 2.25. The van der Waals surface area contributed by atoms with Crippen molar-refractivity contribution < 1.29 is 14.3 Å². The fraction of sp³-hybridized carbons (Fsp3) is 0.333. The van der Waals surface area contributed by atoms with E-state index in [-0.39, 0.29) is 18.7 Å². The van der Waals surface area contributed by atoms with Gasteiger partial charge in [-0.25, -0.2) is 9.18 Å². The molecule has 1 aromatic heterocycles. The van der Waals surface area contributed by atoms with Gasteiger partial charge in [0.15, 0.2) is 0 Å². The Hall–Kier alpha value is -2.67. The molecule has 132 valence electrons. The summed E-state index contributed by atoms with van der Waals surface area (Å²) in [6, 6.07) is 9.14. The maximum atomic E-state index is 13.3. The Morgan fingerprint density at radius 3 is 3.00 bits per heavy atom. The molecule has 6 nitrogen and oxygen atoms in total. The van der Waals surface area contributed by atoms with Gasteiger partial charge in [0, 0.05) is 25.5 Å². The summed E-state index contributed by atoms with van der Waals surface area (Å²) in [6.45, 7) is 0.802. The number of rotatable bonds is 2. The zero-order chi connectivity index (χ0) is 17.8. The van der Waals surface area contributed by atoms with Gasteiger partial charge >= 0.3 is 6.03 Å². The van der Waals surface area contributed by atoms with Crippen molar-refractivity contribution >= 4 is 17.4 Å². The van der Waals surface area contributed by atoms with Crippen LogP contribution in [-0.4, -0.2) is 47.3 Å². The van der Waals surface area contributed by atoms with Crippen LogP contribution >= 0.6 is 0 Å². The van der Waals surface area contributed by atoms with Gasteiger partial charge in [-0.1, -0.05) is 6.07 Å². The maximum absolute atomic E-state index is 13.3. The van der Waals surface area contributed by atoms with E-state index in [1.54, 1.807) is 23.2 Å². The number of urea groups is 1. The monoisotopic (exact) mass is 344 g/mol. The molecular formula is C18H21FN4O2. The van der Waals surface area contributed by atoms with E-state index in [0.717, 1.165) is 11.4 Å². The van der Waals surface area contributed by atoms with Gasteiger partial charge in [-0.2, -0.15) is 0 Å². The summed E-state index contributed by atoms with van der Waals surface area (Å²) in [5.41, 5.74) is 2.06. The molecule has 0 aliphatic carbocycles. The number of carbonyl (C=O) groups is 1. The number of halogens is 1. The summed E-state index contributed by atoms with van der Waals surface area (Å²) in [6.07, 6.45) is 2.31. The molecule has 0 spiro atoms. The van der Waals surface area contributed by atoms with Crippen LogP contribution in [0, 0.1) is 5.82 Å². The van der Waals surface area contributed by atoms with Crippen LogP contribution in [0.1, 0.15) is 12.1 Å². The lowest BCUT2D eigenvalue weighted by atomic mass is 10.1. The second kappa shape index (κ2) is 7.48. The molecule has 7 heteroatoms. The number of aromatic nitrogens is 1. The zero-order valence-electron chi connectivity index (χ0n) is 14.0. The summed E-state index contributed by atoms with van der Waals surface area (Å²) >= 11 is 0. The van der Waals surface area contributed by atoms with Crippen LogP contribution in [0.4, 0.5) is 20.6 Å². The van der Waals surface area contributed by atoms with Crippen molar-refractivity contribution in [1.82, 2.24) is 9.88 Å². The Morgan fingerprint density at radius 1 is 1.40 bits per heavy atom. The number of aliphatic hydroxyl groups is 1. The molecule has 3 rings (SSSR count). The first kappa shape index (κ1) is 17.2. The molecule has 2 amide bonds. The number of hydrogen-bond acceptors (Lipinski definition) is 4. The number of fused-ring (bicyclic) bond motifs is 1. The normalized spacial score (nSPS) is 17.5. The third-order valence-electron chi connectivity index (χ3n) is 4.44. The first-order chi connectivity index (χ1) is 12.1. The summed E-state index contributed by atoms with van der Waals surface area (Å²) in [4.78, 5) is 20.6. The second-order valence-corrected chi connectivity index (χ2v) is 6.07. The molecule has 2 aromatic rings. The van der Waals surface area contributed by atoms with Gasteiger partial charge in [0.2, 0.25) is 0 Å². The molecule has 2 heterocycles. The average molecular weight is 344 g/mol. The largest absolute Gasteiger partial charge is 0.394 e. The predicted molar refractivity (Wildman–Crippen MR) is 94.0 cm³/mol. The Kier molecular flexibility index (Phi) is 5.14. The molecule has 1 aromatic carbocycles. The van der Waals surface area contributed by atoms with E-state index in [1.165, 1.54) is 12.1 Å².